The SMILES string of the molecule is CCC[NH][Hf+2]([CH]1c2ccccc2-c2ccccc21)[SiH](c1ccccc1)c1ccccc1.[Cl-].[Cl-]. The zero-order chi connectivity index (χ0) is 21.0. The number of hydrogen-bond donors (Lipinski definition) is 1. The fraction of sp³-hybridized carbons (Fsp3) is 0.143. The summed E-state index contributed by atoms with van der Waals surface area (Å²) in [6, 6.07) is 41.2. The van der Waals surface area contributed by atoms with Crippen molar-refractivity contribution in [2.45, 2.75) is 17.0 Å². The predicted molar refractivity (Wildman–Crippen MR) is 131 cm³/mol. The topological polar surface area (TPSA) is 12.0 Å². The molecule has 0 aliphatic heterocycles. The Morgan fingerprint density at radius 3 is 1.52 bits per heavy atom. The maximum atomic E-state index is 4.26. The summed E-state index contributed by atoms with van der Waals surface area (Å²) in [6.07, 6.45) is 1.19. The minimum absolute atomic E-state index is 0. The molecule has 1 N–H and O–H groups in total. The van der Waals surface area contributed by atoms with Gasteiger partial charge >= 0.3 is 196 Å². The van der Waals surface area contributed by atoms with Crippen LogP contribution in [-0.2, 0) is 20.9 Å². The van der Waals surface area contributed by atoms with Gasteiger partial charge in [0.25, 0.3) is 0 Å². The molecule has 0 heterocycles. The molecule has 5 heteroatoms. The van der Waals surface area contributed by atoms with Gasteiger partial charge in [0.1, 0.15) is 0 Å². The van der Waals surface area contributed by atoms with Crippen LogP contribution >= 0.6 is 0 Å². The number of halogens is 2. The molecule has 0 saturated heterocycles. The summed E-state index contributed by atoms with van der Waals surface area (Å²) in [5.74, 6) is -1.37. The molecule has 4 aromatic carbocycles. The predicted octanol–water partition coefficient (Wildman–Crippen LogP) is -1.16. The monoisotopic (exact) mass is 656 g/mol. The van der Waals surface area contributed by atoms with E-state index in [0.717, 1.165) is 6.54 Å². The van der Waals surface area contributed by atoms with Crippen molar-refractivity contribution >= 4 is 16.4 Å². The average Bonchev–Trinajstić information content (AvgIpc) is 3.17. The second-order valence-electron chi connectivity index (χ2n) is 8.24. The molecule has 1 nitrogen and oxygen atoms in total. The van der Waals surface area contributed by atoms with Gasteiger partial charge in [-0.1, -0.05) is 0 Å². The van der Waals surface area contributed by atoms with Crippen LogP contribution in [0.1, 0.15) is 28.1 Å². The molecule has 0 amide bonds. The van der Waals surface area contributed by atoms with Crippen LogP contribution in [0.3, 0.4) is 0 Å². The van der Waals surface area contributed by atoms with E-state index in [1.54, 1.807) is 21.5 Å². The van der Waals surface area contributed by atoms with Crippen LogP contribution in [0.15, 0.2) is 109 Å². The Balaban J connectivity index is 0.00000153. The zero-order valence-corrected chi connectivity index (χ0v) is 25.0. The second kappa shape index (κ2) is 12.3. The number of hydrogen-bond acceptors (Lipinski definition) is 1. The van der Waals surface area contributed by atoms with Gasteiger partial charge in [-0.05, 0) is 0 Å². The molecule has 0 radical (unpaired) electrons. The third-order valence-corrected chi connectivity index (χ3v) is 34.1. The Morgan fingerprint density at radius 1 is 0.636 bits per heavy atom. The van der Waals surface area contributed by atoms with Gasteiger partial charge in [0.15, 0.2) is 0 Å². The number of benzene rings is 4. The maximum Gasteiger partial charge on any atom is -1.00 e. The summed E-state index contributed by atoms with van der Waals surface area (Å²) in [5.41, 5.74) is 6.05. The minimum atomic E-state index is -2.45. The van der Waals surface area contributed by atoms with Crippen molar-refractivity contribution in [1.82, 2.24) is 3.30 Å². The van der Waals surface area contributed by atoms with Crippen molar-refractivity contribution in [3.63, 3.8) is 0 Å². The molecule has 5 rings (SSSR count). The van der Waals surface area contributed by atoms with Gasteiger partial charge in [0.2, 0.25) is 0 Å². The van der Waals surface area contributed by atoms with Crippen molar-refractivity contribution < 1.29 is 45.7 Å². The van der Waals surface area contributed by atoms with E-state index in [2.05, 4.69) is 119 Å². The third-order valence-electron chi connectivity index (χ3n) is 6.30. The van der Waals surface area contributed by atoms with Crippen LogP contribution in [0.4, 0.5) is 0 Å². The van der Waals surface area contributed by atoms with E-state index in [4.69, 9.17) is 0 Å². The van der Waals surface area contributed by atoms with E-state index in [0.29, 0.717) is 3.67 Å². The molecular formula is C28H28Cl2HfNSi. The molecule has 167 valence electrons. The molecule has 0 aromatic heterocycles. The molecule has 0 fully saturated rings. The molecule has 1 aliphatic rings. The second-order valence-corrected chi connectivity index (χ2v) is 28.4. The van der Waals surface area contributed by atoms with Crippen LogP contribution in [0.5, 0.6) is 0 Å². The minimum Gasteiger partial charge on any atom is -1.00 e. The first-order chi connectivity index (χ1) is 15.4. The van der Waals surface area contributed by atoms with E-state index in [9.17, 15) is 0 Å². The van der Waals surface area contributed by atoms with Crippen molar-refractivity contribution in [2.75, 3.05) is 6.54 Å². The summed E-state index contributed by atoms with van der Waals surface area (Å²) in [7, 11) is 0. The van der Waals surface area contributed by atoms with Crippen LogP contribution in [0.25, 0.3) is 11.1 Å². The summed E-state index contributed by atoms with van der Waals surface area (Å²) in [6.45, 7) is 3.43. The van der Waals surface area contributed by atoms with Gasteiger partial charge < -0.3 is 24.8 Å². The average molecular weight is 656 g/mol. The first kappa shape index (κ1) is 26.1. The fourth-order valence-corrected chi connectivity index (χ4v) is 36.5. The summed E-state index contributed by atoms with van der Waals surface area (Å²) >= 11 is -2.45. The van der Waals surface area contributed by atoms with Gasteiger partial charge in [0.05, 0.1) is 0 Å². The zero-order valence-electron chi connectivity index (χ0n) is 18.7. The van der Waals surface area contributed by atoms with Gasteiger partial charge in [-0.15, -0.1) is 0 Å². The molecule has 4 aromatic rings. The molecule has 0 bridgehead atoms. The van der Waals surface area contributed by atoms with E-state index in [1.807, 2.05) is 0 Å². The fourth-order valence-electron chi connectivity index (χ4n) is 4.97. The Kier molecular flexibility index (Phi) is 9.72. The van der Waals surface area contributed by atoms with Crippen molar-refractivity contribution in [3.05, 3.63) is 120 Å². The van der Waals surface area contributed by atoms with E-state index >= 15 is 0 Å². The largest absolute Gasteiger partial charge is 1.00 e. The van der Waals surface area contributed by atoms with Crippen LogP contribution in [-0.4, -0.2) is 12.5 Å². The van der Waals surface area contributed by atoms with Crippen LogP contribution in [0.2, 0.25) is 0 Å². The summed E-state index contributed by atoms with van der Waals surface area (Å²) < 4.78 is 4.85. The van der Waals surface area contributed by atoms with E-state index in [1.165, 1.54) is 17.5 Å². The summed E-state index contributed by atoms with van der Waals surface area (Å²) in [4.78, 5) is 0. The Bertz CT molecular complexity index is 1070. The van der Waals surface area contributed by atoms with Crippen molar-refractivity contribution in [3.8, 4) is 11.1 Å². The van der Waals surface area contributed by atoms with Crippen LogP contribution in [0, 0.1) is 0 Å². The van der Waals surface area contributed by atoms with Gasteiger partial charge in [0, 0.05) is 0 Å². The molecule has 0 saturated carbocycles. The number of nitrogens with one attached hydrogen (secondary N) is 1. The third kappa shape index (κ3) is 5.28. The molecule has 33 heavy (non-hydrogen) atoms. The molecule has 1 aliphatic carbocycles. The van der Waals surface area contributed by atoms with E-state index in [-0.39, 0.29) is 24.8 Å². The molecule has 0 atom stereocenters. The standard InChI is InChI=1S/C13H9.C12H11Si.C3H8N.2ClH.Hf/c1-3-7-12-10(5-1)9-11-6-2-4-8-13(11)12;1-3-7-11(8-4-1)13-12-9-5-2-6-10-12;1-2-3-4;;;/h1-9H;1-10,13H;4H,2-3H2,1H3;2*1H;/q;;-1;;;+3/p-2. The first-order valence-corrected chi connectivity index (χ1v) is 23.1. The number of fused-ring (bicyclic) bond motifs is 3. The van der Waals surface area contributed by atoms with Crippen LogP contribution < -0.4 is 38.5 Å². The van der Waals surface area contributed by atoms with Crippen molar-refractivity contribution in [2.24, 2.45) is 0 Å². The Labute approximate surface area is 219 Å². The summed E-state index contributed by atoms with van der Waals surface area (Å²) in [5, 5.41) is 3.20. The molecule has 0 unspecified atom stereocenters. The van der Waals surface area contributed by atoms with Gasteiger partial charge in [-0.2, -0.15) is 0 Å². The van der Waals surface area contributed by atoms with Crippen molar-refractivity contribution in [1.29, 1.82) is 0 Å². The number of rotatable bonds is 7. The smallest absolute Gasteiger partial charge is 1.00 e. The molecule has 0 spiro atoms. The molecular weight excluding hydrogens is 628 g/mol. The van der Waals surface area contributed by atoms with Gasteiger partial charge in [-0.25, -0.2) is 0 Å². The first-order valence-electron chi connectivity index (χ1n) is 11.3. The maximum absolute atomic E-state index is 4.26. The Morgan fingerprint density at radius 2 is 1.06 bits per heavy atom. The normalized spacial score (nSPS) is 11.8. The van der Waals surface area contributed by atoms with E-state index < -0.39 is 26.9 Å². The van der Waals surface area contributed by atoms with Gasteiger partial charge in [-0.3, -0.25) is 0 Å². The quantitative estimate of drug-likeness (QED) is 0.248. The Hall–Kier alpha value is -1.49.